The number of halogens is 1. The number of quaternary nitrogens is 1. The molecule has 1 aromatic rings. The van der Waals surface area contributed by atoms with Gasteiger partial charge in [0, 0.05) is 18.5 Å². The predicted octanol–water partition coefficient (Wildman–Crippen LogP) is -1.17. The van der Waals surface area contributed by atoms with Gasteiger partial charge in [0.1, 0.15) is 0 Å². The van der Waals surface area contributed by atoms with E-state index >= 15 is 0 Å². The van der Waals surface area contributed by atoms with Gasteiger partial charge >= 0.3 is 0 Å². The zero-order valence-corrected chi connectivity index (χ0v) is 13.3. The van der Waals surface area contributed by atoms with Crippen molar-refractivity contribution in [3.05, 3.63) is 35.4 Å². The Labute approximate surface area is 121 Å². The van der Waals surface area contributed by atoms with Gasteiger partial charge in [-0.25, -0.2) is 0 Å². The molecule has 0 heterocycles. The van der Waals surface area contributed by atoms with Crippen LogP contribution in [0.1, 0.15) is 22.3 Å². The molecule has 0 saturated heterocycles. The average molecular weight is 315 g/mol. The Bertz CT molecular complexity index is 368. The molecule has 1 N–H and O–H groups in total. The first-order chi connectivity index (χ1) is 7.88. The van der Waals surface area contributed by atoms with E-state index in [9.17, 15) is 4.79 Å². The van der Waals surface area contributed by atoms with Crippen LogP contribution >= 0.6 is 0 Å². The van der Waals surface area contributed by atoms with Crippen LogP contribution in [0.2, 0.25) is 0 Å². The molecule has 0 aliphatic rings. The number of benzene rings is 1. The highest BCUT2D eigenvalue weighted by Gasteiger charge is 2.07. The molecular formula is C14H23BrN2O. The molecular weight excluding hydrogens is 292 g/mol. The predicted molar refractivity (Wildman–Crippen MR) is 71.0 cm³/mol. The standard InChI is InChI=1S/C14H22N2O.BrH/c1-12-6-8-13(9-7-12)14(17)15-10-5-11-16(2,3)4;/h6-9H,5,10-11H2,1-4H3;1H. The molecule has 0 radical (unpaired) electrons. The van der Waals surface area contributed by atoms with Crippen molar-refractivity contribution in [2.45, 2.75) is 13.3 Å². The molecule has 0 atom stereocenters. The molecule has 1 rings (SSSR count). The lowest BCUT2D eigenvalue weighted by atomic mass is 10.1. The van der Waals surface area contributed by atoms with Gasteiger partial charge in [0.2, 0.25) is 0 Å². The van der Waals surface area contributed by atoms with Crippen LogP contribution in [-0.4, -0.2) is 44.6 Å². The SMILES string of the molecule is Cc1ccc(C(=O)NCCC[N+](C)(C)C)cc1.[Br-]. The van der Waals surface area contributed by atoms with E-state index in [1.54, 1.807) is 0 Å². The number of hydrogen-bond acceptors (Lipinski definition) is 1. The second kappa shape index (κ2) is 7.54. The molecule has 3 nitrogen and oxygen atoms in total. The number of aryl methyl sites for hydroxylation is 1. The van der Waals surface area contributed by atoms with E-state index < -0.39 is 0 Å². The van der Waals surface area contributed by atoms with Crippen molar-refractivity contribution in [3.8, 4) is 0 Å². The van der Waals surface area contributed by atoms with Crippen LogP contribution in [0, 0.1) is 6.92 Å². The van der Waals surface area contributed by atoms with E-state index in [1.807, 2.05) is 31.2 Å². The lowest BCUT2D eigenvalue weighted by Gasteiger charge is -2.23. The zero-order valence-electron chi connectivity index (χ0n) is 11.7. The highest BCUT2D eigenvalue weighted by atomic mass is 79.9. The molecule has 1 amide bonds. The van der Waals surface area contributed by atoms with Crippen molar-refractivity contribution in [2.75, 3.05) is 34.2 Å². The van der Waals surface area contributed by atoms with Crippen molar-refractivity contribution in [1.29, 1.82) is 0 Å². The first-order valence-corrected chi connectivity index (χ1v) is 6.04. The third kappa shape index (κ3) is 6.77. The molecule has 1 aromatic carbocycles. The fourth-order valence-corrected chi connectivity index (χ4v) is 1.56. The highest BCUT2D eigenvalue weighted by Crippen LogP contribution is 2.02. The minimum absolute atomic E-state index is 0. The quantitative estimate of drug-likeness (QED) is 0.538. The van der Waals surface area contributed by atoms with Gasteiger partial charge in [0.15, 0.2) is 0 Å². The van der Waals surface area contributed by atoms with Crippen LogP contribution in [0.3, 0.4) is 0 Å². The number of carbonyl (C=O) groups is 1. The van der Waals surface area contributed by atoms with Crippen LogP contribution in [0.25, 0.3) is 0 Å². The fourth-order valence-electron chi connectivity index (χ4n) is 1.56. The van der Waals surface area contributed by atoms with E-state index in [4.69, 9.17) is 0 Å². The van der Waals surface area contributed by atoms with Gasteiger partial charge in [-0.1, -0.05) is 17.7 Å². The second-order valence-electron chi connectivity index (χ2n) is 5.49. The smallest absolute Gasteiger partial charge is 0.251 e. The summed E-state index contributed by atoms with van der Waals surface area (Å²) < 4.78 is 0.931. The van der Waals surface area contributed by atoms with E-state index in [2.05, 4.69) is 26.5 Å². The Hall–Kier alpha value is -0.870. The van der Waals surface area contributed by atoms with Gasteiger partial charge in [0.05, 0.1) is 27.7 Å². The van der Waals surface area contributed by atoms with E-state index in [0.717, 1.165) is 29.6 Å². The van der Waals surface area contributed by atoms with E-state index in [-0.39, 0.29) is 22.9 Å². The Kier molecular flexibility index (Phi) is 7.18. The lowest BCUT2D eigenvalue weighted by Crippen LogP contribution is -3.00. The molecule has 0 bridgehead atoms. The normalized spacial score (nSPS) is 10.7. The van der Waals surface area contributed by atoms with Crippen LogP contribution in [0.5, 0.6) is 0 Å². The van der Waals surface area contributed by atoms with E-state index in [0.29, 0.717) is 0 Å². The number of nitrogens with one attached hydrogen (secondary N) is 1. The summed E-state index contributed by atoms with van der Waals surface area (Å²) in [6.07, 6.45) is 1.00. The molecule has 18 heavy (non-hydrogen) atoms. The van der Waals surface area contributed by atoms with Crippen molar-refractivity contribution >= 4 is 5.91 Å². The fraction of sp³-hybridized carbons (Fsp3) is 0.500. The Morgan fingerprint density at radius 2 is 1.72 bits per heavy atom. The summed E-state index contributed by atoms with van der Waals surface area (Å²) in [5, 5.41) is 2.94. The molecule has 0 aliphatic carbocycles. The van der Waals surface area contributed by atoms with Crippen molar-refractivity contribution in [3.63, 3.8) is 0 Å². The zero-order chi connectivity index (χ0) is 12.9. The van der Waals surface area contributed by atoms with Crippen molar-refractivity contribution < 1.29 is 26.3 Å². The van der Waals surface area contributed by atoms with E-state index in [1.165, 1.54) is 5.56 Å². The third-order valence-corrected chi connectivity index (χ3v) is 2.61. The van der Waals surface area contributed by atoms with Crippen molar-refractivity contribution in [1.82, 2.24) is 5.32 Å². The summed E-state index contributed by atoms with van der Waals surface area (Å²) in [6.45, 7) is 3.82. The highest BCUT2D eigenvalue weighted by molar-refractivity contribution is 5.94. The summed E-state index contributed by atoms with van der Waals surface area (Å²) in [7, 11) is 6.46. The number of carbonyl (C=O) groups excluding carboxylic acids is 1. The maximum absolute atomic E-state index is 11.8. The summed E-state index contributed by atoms with van der Waals surface area (Å²) in [4.78, 5) is 11.8. The van der Waals surface area contributed by atoms with Gasteiger partial charge in [-0.3, -0.25) is 4.79 Å². The molecule has 0 aromatic heterocycles. The van der Waals surface area contributed by atoms with Gasteiger partial charge in [-0.2, -0.15) is 0 Å². The van der Waals surface area contributed by atoms with Crippen LogP contribution in [0.15, 0.2) is 24.3 Å². The Morgan fingerprint density at radius 1 is 1.17 bits per heavy atom. The second-order valence-corrected chi connectivity index (χ2v) is 5.49. The lowest BCUT2D eigenvalue weighted by molar-refractivity contribution is -0.870. The van der Waals surface area contributed by atoms with Gasteiger partial charge in [-0.05, 0) is 19.1 Å². The summed E-state index contributed by atoms with van der Waals surface area (Å²) in [6, 6.07) is 7.65. The van der Waals surface area contributed by atoms with Crippen LogP contribution < -0.4 is 22.3 Å². The molecule has 0 spiro atoms. The first kappa shape index (κ1) is 17.1. The topological polar surface area (TPSA) is 29.1 Å². The van der Waals surface area contributed by atoms with Gasteiger partial charge in [0.25, 0.3) is 5.91 Å². The summed E-state index contributed by atoms with van der Waals surface area (Å²) in [5.74, 6) is 0.0198. The van der Waals surface area contributed by atoms with Gasteiger partial charge in [-0.15, -0.1) is 0 Å². The summed E-state index contributed by atoms with van der Waals surface area (Å²) in [5.41, 5.74) is 1.91. The number of amides is 1. The van der Waals surface area contributed by atoms with Gasteiger partial charge < -0.3 is 26.8 Å². The maximum atomic E-state index is 11.8. The Balaban J connectivity index is 0.00000289. The average Bonchev–Trinajstić information content (AvgIpc) is 2.24. The molecule has 0 fully saturated rings. The molecule has 0 unspecified atom stereocenters. The number of rotatable bonds is 5. The Morgan fingerprint density at radius 3 is 2.22 bits per heavy atom. The molecule has 102 valence electrons. The summed E-state index contributed by atoms with van der Waals surface area (Å²) >= 11 is 0. The maximum Gasteiger partial charge on any atom is 0.251 e. The minimum atomic E-state index is 0. The van der Waals surface area contributed by atoms with Crippen molar-refractivity contribution in [2.24, 2.45) is 0 Å². The molecule has 0 aliphatic heterocycles. The first-order valence-electron chi connectivity index (χ1n) is 6.04. The minimum Gasteiger partial charge on any atom is -1.00 e. The molecule has 4 heteroatoms. The number of nitrogens with zero attached hydrogens (tertiary/aromatic N) is 1. The van der Waals surface area contributed by atoms with Crippen LogP contribution in [-0.2, 0) is 0 Å². The largest absolute Gasteiger partial charge is 1.00 e. The third-order valence-electron chi connectivity index (χ3n) is 2.61. The molecule has 0 saturated carbocycles. The monoisotopic (exact) mass is 314 g/mol. The number of hydrogen-bond donors (Lipinski definition) is 1. The van der Waals surface area contributed by atoms with Crippen LogP contribution in [0.4, 0.5) is 0 Å².